The molecule has 1 saturated carbocycles. The molecule has 8 N–H and O–H groups in total. The van der Waals surface area contributed by atoms with Crippen LogP contribution in [0.15, 0.2) is 60.7 Å². The monoisotopic (exact) mass is 643 g/mol. The zero-order valence-electron chi connectivity index (χ0n) is 25.5. The third-order valence-electron chi connectivity index (χ3n) is 7.32. The van der Waals surface area contributed by atoms with E-state index in [1.165, 1.54) is 0 Å². The van der Waals surface area contributed by atoms with Gasteiger partial charge in [-0.05, 0) is 37.3 Å². The number of nitrogens with one attached hydrogen (secondary N) is 2. The van der Waals surface area contributed by atoms with Crippen LogP contribution >= 0.6 is 0 Å². The van der Waals surface area contributed by atoms with Crippen molar-refractivity contribution in [2.75, 3.05) is 6.61 Å². The Balaban J connectivity index is 0.000000479. The molecule has 0 radical (unpaired) electrons. The highest BCUT2D eigenvalue weighted by molar-refractivity contribution is 5.94. The number of aliphatic carboxylic acids is 3. The van der Waals surface area contributed by atoms with Crippen molar-refractivity contribution in [3.05, 3.63) is 71.8 Å². The van der Waals surface area contributed by atoms with Crippen LogP contribution in [0.5, 0.6) is 0 Å². The molecule has 1 aliphatic rings. The third-order valence-corrected chi connectivity index (χ3v) is 7.32. The Morgan fingerprint density at radius 3 is 1.74 bits per heavy atom. The van der Waals surface area contributed by atoms with Crippen LogP contribution in [0.4, 0.5) is 0 Å². The minimum atomic E-state index is -2.74. The summed E-state index contributed by atoms with van der Waals surface area (Å²) in [6, 6.07) is 17.3. The van der Waals surface area contributed by atoms with Gasteiger partial charge in [0.05, 0.1) is 25.5 Å². The lowest BCUT2D eigenvalue weighted by molar-refractivity contribution is -0.170. The van der Waals surface area contributed by atoms with Crippen LogP contribution in [-0.4, -0.2) is 85.9 Å². The molecule has 46 heavy (non-hydrogen) atoms. The van der Waals surface area contributed by atoms with E-state index in [1.54, 1.807) is 6.92 Å². The second-order valence-electron chi connectivity index (χ2n) is 11.0. The fraction of sp³-hybridized carbons (Fsp3) is 0.438. The largest absolute Gasteiger partial charge is 0.481 e. The Morgan fingerprint density at radius 2 is 1.30 bits per heavy atom. The van der Waals surface area contributed by atoms with Crippen LogP contribution in [-0.2, 0) is 46.3 Å². The predicted molar refractivity (Wildman–Crippen MR) is 163 cm³/mol. The molecule has 250 valence electrons. The van der Waals surface area contributed by atoms with Gasteiger partial charge in [-0.15, -0.1) is 0 Å². The van der Waals surface area contributed by atoms with E-state index in [4.69, 9.17) is 30.9 Å². The highest BCUT2D eigenvalue weighted by atomic mass is 16.5. The van der Waals surface area contributed by atoms with Crippen molar-refractivity contribution in [3.63, 3.8) is 0 Å². The SMILES string of the molecule is CCOC(=O)C1(NC(=O)[C@H](Cc2ccccc2)NC(=O)[C@@H](N)Cc2ccccc2)CCCC1.O=C(O)CC(O)(CC(=O)O)C(=O)O. The van der Waals surface area contributed by atoms with Crippen molar-refractivity contribution in [2.24, 2.45) is 5.73 Å². The van der Waals surface area contributed by atoms with Crippen LogP contribution in [0.1, 0.15) is 56.6 Å². The fourth-order valence-corrected chi connectivity index (χ4v) is 4.96. The van der Waals surface area contributed by atoms with E-state index in [2.05, 4.69) is 10.6 Å². The molecule has 0 aromatic heterocycles. The topological polar surface area (TPSA) is 243 Å². The second-order valence-corrected chi connectivity index (χ2v) is 11.0. The number of nitrogens with two attached hydrogens (primary N) is 1. The number of rotatable bonds is 15. The molecule has 0 spiro atoms. The van der Waals surface area contributed by atoms with E-state index in [0.29, 0.717) is 19.3 Å². The molecule has 0 unspecified atom stereocenters. The maximum absolute atomic E-state index is 13.4. The molecule has 0 saturated heterocycles. The van der Waals surface area contributed by atoms with Crippen LogP contribution < -0.4 is 16.4 Å². The van der Waals surface area contributed by atoms with Crippen molar-refractivity contribution >= 4 is 35.7 Å². The fourth-order valence-electron chi connectivity index (χ4n) is 4.96. The minimum Gasteiger partial charge on any atom is -0.481 e. The number of hydrogen-bond donors (Lipinski definition) is 7. The maximum atomic E-state index is 13.4. The molecule has 2 atom stereocenters. The van der Waals surface area contributed by atoms with Gasteiger partial charge in [0.15, 0.2) is 5.60 Å². The quantitative estimate of drug-likeness (QED) is 0.135. The lowest BCUT2D eigenvalue weighted by Gasteiger charge is -2.30. The van der Waals surface area contributed by atoms with Crippen molar-refractivity contribution in [1.29, 1.82) is 0 Å². The number of benzene rings is 2. The summed E-state index contributed by atoms with van der Waals surface area (Å²) in [6.07, 6.45) is 1.07. The summed E-state index contributed by atoms with van der Waals surface area (Å²) in [7, 11) is 0. The molecule has 1 aliphatic carbocycles. The molecule has 3 rings (SSSR count). The van der Waals surface area contributed by atoms with Crippen molar-refractivity contribution < 1.29 is 53.9 Å². The van der Waals surface area contributed by atoms with Gasteiger partial charge >= 0.3 is 23.9 Å². The van der Waals surface area contributed by atoms with Crippen LogP contribution in [0.25, 0.3) is 0 Å². The highest BCUT2D eigenvalue weighted by Gasteiger charge is 2.45. The smallest absolute Gasteiger partial charge is 0.336 e. The number of esters is 1. The number of carboxylic acid groups (broad SMARTS) is 3. The van der Waals surface area contributed by atoms with Gasteiger partial charge in [0.1, 0.15) is 11.6 Å². The van der Waals surface area contributed by atoms with E-state index in [-0.39, 0.29) is 13.0 Å². The van der Waals surface area contributed by atoms with E-state index < -0.39 is 71.8 Å². The van der Waals surface area contributed by atoms with Crippen LogP contribution in [0.2, 0.25) is 0 Å². The number of hydrogen-bond acceptors (Lipinski definition) is 9. The summed E-state index contributed by atoms with van der Waals surface area (Å²) in [5.74, 6) is -6.25. The van der Waals surface area contributed by atoms with Gasteiger partial charge in [-0.1, -0.05) is 73.5 Å². The van der Waals surface area contributed by atoms with E-state index >= 15 is 0 Å². The van der Waals surface area contributed by atoms with Gasteiger partial charge in [0, 0.05) is 6.42 Å². The number of amides is 2. The van der Waals surface area contributed by atoms with E-state index in [1.807, 2.05) is 60.7 Å². The van der Waals surface area contributed by atoms with Crippen molar-refractivity contribution in [3.8, 4) is 0 Å². The molecular weight excluding hydrogens is 602 g/mol. The van der Waals surface area contributed by atoms with Crippen molar-refractivity contribution in [1.82, 2.24) is 10.6 Å². The van der Waals surface area contributed by atoms with Gasteiger partial charge in [0.2, 0.25) is 11.8 Å². The first-order valence-corrected chi connectivity index (χ1v) is 14.7. The number of carboxylic acids is 3. The number of aliphatic hydroxyl groups is 1. The average Bonchev–Trinajstić information content (AvgIpc) is 3.47. The van der Waals surface area contributed by atoms with E-state index in [0.717, 1.165) is 24.0 Å². The molecule has 0 heterocycles. The Bertz CT molecular complexity index is 1330. The molecule has 14 heteroatoms. The second kappa shape index (κ2) is 17.6. The predicted octanol–water partition coefficient (Wildman–Crippen LogP) is 1.03. The van der Waals surface area contributed by atoms with E-state index in [9.17, 15) is 28.8 Å². The Hall–Kier alpha value is -4.82. The van der Waals surface area contributed by atoms with Crippen LogP contribution in [0.3, 0.4) is 0 Å². The zero-order chi connectivity index (χ0) is 34.3. The molecule has 0 aliphatic heterocycles. The minimum absolute atomic E-state index is 0.245. The average molecular weight is 644 g/mol. The highest BCUT2D eigenvalue weighted by Crippen LogP contribution is 2.31. The van der Waals surface area contributed by atoms with Gasteiger partial charge in [-0.2, -0.15) is 0 Å². The first-order chi connectivity index (χ1) is 21.7. The standard InChI is InChI=1S/C26H33N3O4.C6H8O7/c1-2-33-25(32)26(15-9-10-16-26)29-24(31)22(18-20-13-7-4-8-14-20)28-23(30)21(27)17-19-11-5-3-6-12-19;7-3(8)1-6(13,5(11)12)2-4(9)10/h3-8,11-14,21-22H,2,9-10,15-18,27H2,1H3,(H,28,30)(H,29,31);13H,1-2H2,(H,7,8)(H,9,10)(H,11,12)/t21-,22-;/m0./s1. The van der Waals surface area contributed by atoms with Crippen LogP contribution in [0, 0.1) is 0 Å². The molecule has 2 aromatic rings. The third kappa shape index (κ3) is 11.6. The summed E-state index contributed by atoms with van der Waals surface area (Å²) < 4.78 is 5.25. The number of ether oxygens (including phenoxy) is 1. The summed E-state index contributed by atoms with van der Waals surface area (Å²) in [6.45, 7) is 1.99. The first kappa shape index (κ1) is 37.4. The van der Waals surface area contributed by atoms with Gasteiger partial charge < -0.3 is 41.5 Å². The first-order valence-electron chi connectivity index (χ1n) is 14.7. The maximum Gasteiger partial charge on any atom is 0.336 e. The zero-order valence-corrected chi connectivity index (χ0v) is 25.5. The Morgan fingerprint density at radius 1 is 0.826 bits per heavy atom. The number of carbonyl (C=O) groups is 6. The molecular formula is C32H41N3O11. The summed E-state index contributed by atoms with van der Waals surface area (Å²) in [5, 5.41) is 39.6. The lowest BCUT2D eigenvalue weighted by Crippen LogP contribution is -2.60. The van der Waals surface area contributed by atoms with Gasteiger partial charge in [-0.3, -0.25) is 19.2 Å². The summed E-state index contributed by atoms with van der Waals surface area (Å²) >= 11 is 0. The van der Waals surface area contributed by atoms with Gasteiger partial charge in [0.25, 0.3) is 0 Å². The van der Waals surface area contributed by atoms with Crippen molar-refractivity contribution in [2.45, 2.75) is 81.5 Å². The normalized spacial score (nSPS) is 14.8. The molecule has 2 amide bonds. The molecule has 0 bridgehead atoms. The Labute approximate surface area is 265 Å². The Kier molecular flexibility index (Phi) is 14.3. The number of carbonyl (C=O) groups excluding carboxylic acids is 3. The summed E-state index contributed by atoms with van der Waals surface area (Å²) in [5.41, 5.74) is 4.21. The molecule has 2 aromatic carbocycles. The lowest BCUT2D eigenvalue weighted by atomic mass is 9.96. The molecule has 1 fully saturated rings. The summed E-state index contributed by atoms with van der Waals surface area (Å²) in [4.78, 5) is 69.4. The van der Waals surface area contributed by atoms with Gasteiger partial charge in [-0.25, -0.2) is 9.59 Å². The molecule has 14 nitrogen and oxygen atoms in total.